The molecular weight excluding hydrogens is 322 g/mol. The minimum atomic E-state index is -1.08. The van der Waals surface area contributed by atoms with Crippen molar-refractivity contribution in [3.63, 3.8) is 0 Å². The lowest BCUT2D eigenvalue weighted by Gasteiger charge is -2.39. The molecule has 3 amide bonds. The monoisotopic (exact) mass is 347 g/mol. The predicted octanol–water partition coefficient (Wildman–Crippen LogP) is 2.68. The second-order valence-electron chi connectivity index (χ2n) is 6.72. The summed E-state index contributed by atoms with van der Waals surface area (Å²) in [5.41, 5.74) is 1.10. The molecule has 1 aliphatic rings. The number of fused-ring (bicyclic) bond motifs is 1. The van der Waals surface area contributed by atoms with Crippen molar-refractivity contribution in [2.24, 2.45) is 11.8 Å². The summed E-state index contributed by atoms with van der Waals surface area (Å²) in [6.45, 7) is 7.34. The van der Waals surface area contributed by atoms with Gasteiger partial charge in [0, 0.05) is 0 Å². The number of carbonyl (C=O) groups is 3. The number of carbonyl (C=O) groups excluding carboxylic acids is 2. The van der Waals surface area contributed by atoms with Crippen molar-refractivity contribution in [2.75, 3.05) is 10.2 Å². The van der Waals surface area contributed by atoms with Crippen LogP contribution in [0.5, 0.6) is 0 Å². The first-order chi connectivity index (χ1) is 11.8. The van der Waals surface area contributed by atoms with Crippen LogP contribution < -0.4 is 15.5 Å². The zero-order chi connectivity index (χ0) is 18.7. The number of aliphatic carboxylic acids is 1. The van der Waals surface area contributed by atoms with Crippen LogP contribution in [0.3, 0.4) is 0 Å². The number of carboxylic acids is 1. The first-order valence-corrected chi connectivity index (χ1v) is 8.50. The molecule has 7 nitrogen and oxygen atoms in total. The van der Waals surface area contributed by atoms with E-state index < -0.39 is 24.1 Å². The van der Waals surface area contributed by atoms with Crippen molar-refractivity contribution in [1.82, 2.24) is 5.32 Å². The highest BCUT2D eigenvalue weighted by Gasteiger charge is 2.40. The van der Waals surface area contributed by atoms with E-state index in [1.807, 2.05) is 20.8 Å². The van der Waals surface area contributed by atoms with E-state index in [1.54, 1.807) is 31.2 Å². The Morgan fingerprint density at radius 3 is 2.48 bits per heavy atom. The van der Waals surface area contributed by atoms with E-state index in [0.29, 0.717) is 17.8 Å². The van der Waals surface area contributed by atoms with Gasteiger partial charge in [0.1, 0.15) is 12.1 Å². The fourth-order valence-electron chi connectivity index (χ4n) is 2.99. The van der Waals surface area contributed by atoms with Gasteiger partial charge >= 0.3 is 12.0 Å². The van der Waals surface area contributed by atoms with Crippen molar-refractivity contribution in [3.05, 3.63) is 24.3 Å². The van der Waals surface area contributed by atoms with Crippen LogP contribution in [0, 0.1) is 11.8 Å². The molecule has 0 unspecified atom stereocenters. The number of rotatable bonds is 5. The van der Waals surface area contributed by atoms with Crippen molar-refractivity contribution in [1.29, 1.82) is 0 Å². The molecule has 2 rings (SSSR count). The van der Waals surface area contributed by atoms with Crippen LogP contribution in [0.25, 0.3) is 0 Å². The standard InChI is InChI=1S/C18H25N3O4/c1-5-11(4)14(17(23)24)20-18(25)21-13-9-7-6-8-12(13)19-16(22)15(21)10(2)3/h6-11,14-15H,5H2,1-4H3,(H,19,22)(H,20,25)(H,23,24)/t11-,14+,15-/m0/s1. The van der Waals surface area contributed by atoms with Crippen LogP contribution in [-0.2, 0) is 9.59 Å². The van der Waals surface area contributed by atoms with E-state index >= 15 is 0 Å². The normalized spacial score (nSPS) is 19.0. The Morgan fingerprint density at radius 2 is 1.92 bits per heavy atom. The highest BCUT2D eigenvalue weighted by atomic mass is 16.4. The molecule has 0 bridgehead atoms. The molecule has 3 N–H and O–H groups in total. The van der Waals surface area contributed by atoms with E-state index in [0.717, 1.165) is 0 Å². The average molecular weight is 347 g/mol. The number of hydrogen-bond acceptors (Lipinski definition) is 3. The Morgan fingerprint density at radius 1 is 1.28 bits per heavy atom. The van der Waals surface area contributed by atoms with Crippen molar-refractivity contribution in [2.45, 2.75) is 46.2 Å². The third-order valence-corrected chi connectivity index (χ3v) is 4.58. The molecule has 1 aromatic rings. The highest BCUT2D eigenvalue weighted by molar-refractivity contribution is 6.12. The molecule has 0 saturated carbocycles. The van der Waals surface area contributed by atoms with E-state index in [9.17, 15) is 19.5 Å². The Bertz CT molecular complexity index is 674. The minimum Gasteiger partial charge on any atom is -0.480 e. The van der Waals surface area contributed by atoms with Gasteiger partial charge < -0.3 is 15.7 Å². The van der Waals surface area contributed by atoms with Gasteiger partial charge in [0.2, 0.25) is 5.91 Å². The quantitative estimate of drug-likeness (QED) is 0.762. The van der Waals surface area contributed by atoms with E-state index in [-0.39, 0.29) is 17.7 Å². The molecule has 0 saturated heterocycles. The van der Waals surface area contributed by atoms with Crippen LogP contribution >= 0.6 is 0 Å². The van der Waals surface area contributed by atoms with Gasteiger partial charge in [-0.15, -0.1) is 0 Å². The van der Waals surface area contributed by atoms with Crippen molar-refractivity contribution >= 4 is 29.3 Å². The second kappa shape index (κ2) is 7.55. The number of nitrogens with one attached hydrogen (secondary N) is 2. The molecule has 0 fully saturated rings. The lowest BCUT2D eigenvalue weighted by atomic mass is 9.97. The summed E-state index contributed by atoms with van der Waals surface area (Å²) in [6, 6.07) is 4.70. The molecular formula is C18H25N3O4. The molecule has 1 aromatic carbocycles. The van der Waals surface area contributed by atoms with Crippen LogP contribution in [0.15, 0.2) is 24.3 Å². The fourth-order valence-corrected chi connectivity index (χ4v) is 2.99. The summed E-state index contributed by atoms with van der Waals surface area (Å²) < 4.78 is 0. The number of hydrogen-bond donors (Lipinski definition) is 3. The number of anilines is 2. The Balaban J connectivity index is 2.40. The molecule has 7 heteroatoms. The number of benzene rings is 1. The van der Waals surface area contributed by atoms with Gasteiger partial charge in [-0.05, 0) is 24.0 Å². The third kappa shape index (κ3) is 3.75. The summed E-state index contributed by atoms with van der Waals surface area (Å²) in [5, 5.41) is 14.8. The van der Waals surface area contributed by atoms with Gasteiger partial charge in [0.25, 0.3) is 0 Å². The molecule has 0 aromatic heterocycles. The molecule has 0 radical (unpaired) electrons. The third-order valence-electron chi connectivity index (χ3n) is 4.58. The Kier molecular flexibility index (Phi) is 5.66. The SMILES string of the molecule is CC[C@H](C)[C@@H](NC(=O)N1c2ccccc2NC(=O)[C@@H]1C(C)C)C(=O)O. The van der Waals surface area contributed by atoms with Crippen molar-refractivity contribution < 1.29 is 19.5 Å². The number of carboxylic acid groups (broad SMARTS) is 1. The van der Waals surface area contributed by atoms with Gasteiger partial charge in [-0.1, -0.05) is 46.2 Å². The summed E-state index contributed by atoms with van der Waals surface area (Å²) in [6.07, 6.45) is 0.613. The summed E-state index contributed by atoms with van der Waals surface area (Å²) >= 11 is 0. The maximum atomic E-state index is 12.9. The molecule has 136 valence electrons. The van der Waals surface area contributed by atoms with Crippen LogP contribution in [0.1, 0.15) is 34.1 Å². The Labute approximate surface area is 147 Å². The topological polar surface area (TPSA) is 98.7 Å². The lowest BCUT2D eigenvalue weighted by Crippen LogP contribution is -2.59. The smallest absolute Gasteiger partial charge is 0.326 e. The first-order valence-electron chi connectivity index (χ1n) is 8.50. The fraction of sp³-hybridized carbons (Fsp3) is 0.500. The molecule has 0 aliphatic carbocycles. The maximum Gasteiger partial charge on any atom is 0.326 e. The largest absolute Gasteiger partial charge is 0.480 e. The summed E-state index contributed by atoms with van der Waals surface area (Å²) in [4.78, 5) is 38.3. The van der Waals surface area contributed by atoms with Gasteiger partial charge in [-0.25, -0.2) is 9.59 Å². The van der Waals surface area contributed by atoms with E-state index in [4.69, 9.17) is 0 Å². The first kappa shape index (κ1) is 18.8. The molecule has 1 aliphatic heterocycles. The van der Waals surface area contributed by atoms with E-state index in [1.165, 1.54) is 4.90 Å². The minimum absolute atomic E-state index is 0.133. The number of nitrogens with zero attached hydrogens (tertiary/aromatic N) is 1. The average Bonchev–Trinajstić information content (AvgIpc) is 2.56. The Hall–Kier alpha value is -2.57. The maximum absolute atomic E-state index is 12.9. The lowest BCUT2D eigenvalue weighted by molar-refractivity contribution is -0.140. The summed E-state index contributed by atoms with van der Waals surface area (Å²) in [5.74, 6) is -1.73. The van der Waals surface area contributed by atoms with Gasteiger partial charge in [-0.2, -0.15) is 0 Å². The van der Waals surface area contributed by atoms with Crippen LogP contribution in [-0.4, -0.2) is 35.1 Å². The summed E-state index contributed by atoms with van der Waals surface area (Å²) in [7, 11) is 0. The molecule has 1 heterocycles. The zero-order valence-corrected chi connectivity index (χ0v) is 14.9. The van der Waals surface area contributed by atoms with Crippen LogP contribution in [0.2, 0.25) is 0 Å². The predicted molar refractivity (Wildman–Crippen MR) is 95.6 cm³/mol. The molecule has 0 spiro atoms. The van der Waals surface area contributed by atoms with E-state index in [2.05, 4.69) is 10.6 Å². The van der Waals surface area contributed by atoms with Gasteiger partial charge in [-0.3, -0.25) is 9.69 Å². The van der Waals surface area contributed by atoms with Crippen molar-refractivity contribution in [3.8, 4) is 0 Å². The van der Waals surface area contributed by atoms with Gasteiger partial charge in [0.05, 0.1) is 11.4 Å². The van der Waals surface area contributed by atoms with Crippen LogP contribution in [0.4, 0.5) is 16.2 Å². The number of urea groups is 1. The second-order valence-corrected chi connectivity index (χ2v) is 6.72. The number of amides is 3. The van der Waals surface area contributed by atoms with Gasteiger partial charge in [0.15, 0.2) is 0 Å². The molecule has 25 heavy (non-hydrogen) atoms. The number of para-hydroxylation sites is 2. The zero-order valence-electron chi connectivity index (χ0n) is 14.9. The highest BCUT2D eigenvalue weighted by Crippen LogP contribution is 2.34. The molecule has 3 atom stereocenters.